The summed E-state index contributed by atoms with van der Waals surface area (Å²) in [5.74, 6) is -3.76. The topological polar surface area (TPSA) is 72.2 Å². The lowest BCUT2D eigenvalue weighted by molar-refractivity contribution is -0.140. The van der Waals surface area contributed by atoms with E-state index in [1.165, 1.54) is 13.8 Å². The van der Waals surface area contributed by atoms with Crippen molar-refractivity contribution in [3.8, 4) is 0 Å². The molecule has 0 saturated heterocycles. The molecule has 4 nitrogen and oxygen atoms in total. The van der Waals surface area contributed by atoms with Crippen LogP contribution in [0.1, 0.15) is 29.8 Å². The van der Waals surface area contributed by atoms with Crippen molar-refractivity contribution in [3.63, 3.8) is 0 Å². The fourth-order valence-electron chi connectivity index (χ4n) is 1.34. The molecule has 20 heavy (non-hydrogen) atoms. The number of carbonyl (C=O) groups is 2. The maximum atomic E-state index is 13.7. The van der Waals surface area contributed by atoms with Gasteiger partial charge in [0.15, 0.2) is 0 Å². The van der Waals surface area contributed by atoms with Crippen molar-refractivity contribution >= 4 is 11.8 Å². The number of benzene rings is 1. The molecular weight excluding hydrogens is 280 g/mol. The van der Waals surface area contributed by atoms with Gasteiger partial charge in [-0.1, -0.05) is 6.07 Å². The lowest BCUT2D eigenvalue weighted by Gasteiger charge is -2.22. The van der Waals surface area contributed by atoms with Crippen LogP contribution in [0.3, 0.4) is 0 Å². The first kappa shape index (κ1) is 15.9. The summed E-state index contributed by atoms with van der Waals surface area (Å²) in [7, 11) is 0. The molecule has 0 atom stereocenters. The molecule has 0 heterocycles. The van der Waals surface area contributed by atoms with Crippen molar-refractivity contribution < 1.29 is 27.2 Å². The van der Waals surface area contributed by atoms with E-state index in [1.54, 1.807) is 0 Å². The lowest BCUT2D eigenvalue weighted by atomic mass is 10.0. The van der Waals surface area contributed by atoms with E-state index in [-0.39, 0.29) is 0 Å². The summed E-state index contributed by atoms with van der Waals surface area (Å²) in [5.41, 5.74) is 1.13. The Morgan fingerprint density at radius 3 is 2.20 bits per heavy atom. The van der Waals surface area contributed by atoms with E-state index in [0.717, 1.165) is 12.1 Å². The minimum Gasteiger partial charge on any atom is -0.368 e. The number of carbonyl (C=O) groups excluding carboxylic acids is 2. The predicted molar refractivity (Wildman–Crippen MR) is 62.1 cm³/mol. The summed E-state index contributed by atoms with van der Waals surface area (Å²) >= 11 is 0. The van der Waals surface area contributed by atoms with Crippen molar-refractivity contribution in [3.05, 3.63) is 35.1 Å². The second-order valence-corrected chi connectivity index (χ2v) is 4.61. The highest BCUT2D eigenvalue weighted by atomic mass is 19.4. The van der Waals surface area contributed by atoms with Crippen LogP contribution in [0.2, 0.25) is 0 Å². The standard InChI is InChI=1S/C12H12F4N2O2/c1-11(2,10(17)20)18-9(19)6-4-3-5-7(8(6)13)12(14,15)16/h3-5H,1-2H3,(H2,17,20)(H,18,19). The number of hydrogen-bond donors (Lipinski definition) is 2. The number of halogens is 4. The molecule has 0 radical (unpaired) electrons. The second-order valence-electron chi connectivity index (χ2n) is 4.61. The van der Waals surface area contributed by atoms with Crippen LogP contribution in [-0.2, 0) is 11.0 Å². The van der Waals surface area contributed by atoms with Crippen molar-refractivity contribution in [2.75, 3.05) is 0 Å². The summed E-state index contributed by atoms with van der Waals surface area (Å²) in [4.78, 5) is 22.8. The monoisotopic (exact) mass is 292 g/mol. The highest BCUT2D eigenvalue weighted by Crippen LogP contribution is 2.32. The third-order valence-corrected chi connectivity index (χ3v) is 2.59. The zero-order chi connectivity index (χ0) is 15.7. The molecule has 8 heteroatoms. The molecule has 2 amide bonds. The zero-order valence-electron chi connectivity index (χ0n) is 10.6. The maximum absolute atomic E-state index is 13.7. The molecule has 0 aliphatic heterocycles. The smallest absolute Gasteiger partial charge is 0.368 e. The number of nitrogens with one attached hydrogen (secondary N) is 1. The van der Waals surface area contributed by atoms with Gasteiger partial charge in [-0.05, 0) is 26.0 Å². The fraction of sp³-hybridized carbons (Fsp3) is 0.333. The van der Waals surface area contributed by atoms with Gasteiger partial charge in [0, 0.05) is 0 Å². The summed E-state index contributed by atoms with van der Waals surface area (Å²) < 4.78 is 51.2. The quantitative estimate of drug-likeness (QED) is 0.834. The number of amides is 2. The normalized spacial score (nSPS) is 12.1. The van der Waals surface area contributed by atoms with Crippen LogP contribution < -0.4 is 11.1 Å². The molecule has 1 aromatic rings. The molecule has 3 N–H and O–H groups in total. The summed E-state index contributed by atoms with van der Waals surface area (Å²) in [6.45, 7) is 2.50. The third-order valence-electron chi connectivity index (χ3n) is 2.59. The molecule has 1 rings (SSSR count). The van der Waals surface area contributed by atoms with Crippen molar-refractivity contribution in [2.24, 2.45) is 5.73 Å². The first-order chi connectivity index (χ1) is 8.97. The number of primary amides is 1. The molecular formula is C12H12F4N2O2. The third kappa shape index (κ3) is 3.25. The Kier molecular flexibility index (Phi) is 4.07. The van der Waals surface area contributed by atoms with Crippen molar-refractivity contribution in [1.82, 2.24) is 5.32 Å². The number of rotatable bonds is 3. The molecule has 110 valence electrons. The summed E-state index contributed by atoms with van der Waals surface area (Å²) in [6, 6.07) is 2.31. The molecule has 1 aromatic carbocycles. The molecule has 0 aromatic heterocycles. The SMILES string of the molecule is CC(C)(NC(=O)c1cccc(C(F)(F)F)c1F)C(N)=O. The molecule has 0 aliphatic rings. The van der Waals surface area contributed by atoms with Crippen LogP contribution >= 0.6 is 0 Å². The van der Waals surface area contributed by atoms with Crippen molar-refractivity contribution in [2.45, 2.75) is 25.6 Å². The lowest BCUT2D eigenvalue weighted by Crippen LogP contribution is -2.53. The van der Waals surface area contributed by atoms with E-state index in [2.05, 4.69) is 5.32 Å². The van der Waals surface area contributed by atoms with E-state index in [1.807, 2.05) is 0 Å². The average Bonchev–Trinajstić information content (AvgIpc) is 2.26. The van der Waals surface area contributed by atoms with Crippen molar-refractivity contribution in [1.29, 1.82) is 0 Å². The molecule has 0 saturated carbocycles. The van der Waals surface area contributed by atoms with Crippen LogP contribution in [0, 0.1) is 5.82 Å². The molecule has 0 aliphatic carbocycles. The van der Waals surface area contributed by atoms with Crippen LogP contribution in [0.4, 0.5) is 17.6 Å². The maximum Gasteiger partial charge on any atom is 0.419 e. The van der Waals surface area contributed by atoms with Gasteiger partial charge in [0.25, 0.3) is 5.91 Å². The molecule has 0 spiro atoms. The van der Waals surface area contributed by atoms with Gasteiger partial charge in [-0.25, -0.2) is 4.39 Å². The van der Waals surface area contributed by atoms with Gasteiger partial charge in [0.1, 0.15) is 11.4 Å². The van der Waals surface area contributed by atoms with E-state index in [4.69, 9.17) is 5.73 Å². The Morgan fingerprint density at radius 1 is 1.20 bits per heavy atom. The van der Waals surface area contributed by atoms with E-state index < -0.39 is 40.5 Å². The van der Waals surface area contributed by atoms with Gasteiger partial charge in [-0.3, -0.25) is 9.59 Å². The number of alkyl halides is 3. The minimum atomic E-state index is -4.92. The van der Waals surface area contributed by atoms with Gasteiger partial charge < -0.3 is 11.1 Å². The average molecular weight is 292 g/mol. The van der Waals surface area contributed by atoms with Gasteiger partial charge in [0.05, 0.1) is 11.1 Å². The van der Waals surface area contributed by atoms with E-state index in [0.29, 0.717) is 6.07 Å². The van der Waals surface area contributed by atoms with Gasteiger partial charge in [-0.15, -0.1) is 0 Å². The van der Waals surface area contributed by atoms with Gasteiger partial charge in [-0.2, -0.15) is 13.2 Å². The Balaban J connectivity index is 3.16. The largest absolute Gasteiger partial charge is 0.419 e. The second kappa shape index (κ2) is 5.10. The minimum absolute atomic E-state index is 0.519. The fourth-order valence-corrected chi connectivity index (χ4v) is 1.34. The molecule has 0 unspecified atom stereocenters. The Morgan fingerprint density at radius 2 is 1.75 bits per heavy atom. The van der Waals surface area contributed by atoms with Crippen LogP contribution in [-0.4, -0.2) is 17.4 Å². The Labute approximate surface area is 111 Å². The predicted octanol–water partition coefficient (Wildman–Crippen LogP) is 1.84. The number of nitrogens with two attached hydrogens (primary N) is 1. The first-order valence-corrected chi connectivity index (χ1v) is 5.45. The zero-order valence-corrected chi connectivity index (χ0v) is 10.6. The Hall–Kier alpha value is -2.12. The Bertz CT molecular complexity index is 553. The van der Waals surface area contributed by atoms with Gasteiger partial charge in [0.2, 0.25) is 5.91 Å². The summed E-state index contributed by atoms with van der Waals surface area (Å²) in [6.07, 6.45) is -4.92. The molecule has 0 bridgehead atoms. The highest BCUT2D eigenvalue weighted by Gasteiger charge is 2.36. The van der Waals surface area contributed by atoms with E-state index in [9.17, 15) is 27.2 Å². The highest BCUT2D eigenvalue weighted by molar-refractivity contribution is 5.98. The van der Waals surface area contributed by atoms with Crippen LogP contribution in [0.15, 0.2) is 18.2 Å². The van der Waals surface area contributed by atoms with Crippen LogP contribution in [0.25, 0.3) is 0 Å². The van der Waals surface area contributed by atoms with E-state index >= 15 is 0 Å². The first-order valence-electron chi connectivity index (χ1n) is 5.45. The summed E-state index contributed by atoms with van der Waals surface area (Å²) in [5, 5.41) is 2.07. The van der Waals surface area contributed by atoms with Gasteiger partial charge >= 0.3 is 6.18 Å². The van der Waals surface area contributed by atoms with Crippen LogP contribution in [0.5, 0.6) is 0 Å². The molecule has 0 fully saturated rings. The number of hydrogen-bond acceptors (Lipinski definition) is 2.